The Kier molecular flexibility index (Phi) is 5.48. The van der Waals surface area contributed by atoms with Crippen LogP contribution in [-0.2, 0) is 15.8 Å². The van der Waals surface area contributed by atoms with Crippen LogP contribution in [0.2, 0.25) is 0 Å². The summed E-state index contributed by atoms with van der Waals surface area (Å²) in [5.41, 5.74) is 1.21. The Morgan fingerprint density at radius 1 is 1.35 bits per heavy atom. The Labute approximate surface area is 106 Å². The summed E-state index contributed by atoms with van der Waals surface area (Å²) in [6.45, 7) is 0.444. The second-order valence-corrected chi connectivity index (χ2v) is 6.25. The maximum Gasteiger partial charge on any atom is 0.215 e. The van der Waals surface area contributed by atoms with E-state index in [4.69, 9.17) is 5.26 Å². The Hall–Kier alpha value is -1.03. The van der Waals surface area contributed by atoms with E-state index in [0.29, 0.717) is 17.7 Å². The van der Waals surface area contributed by atoms with Crippen molar-refractivity contribution in [1.29, 1.82) is 5.26 Å². The van der Waals surface area contributed by atoms with Crippen molar-refractivity contribution in [3.8, 4) is 6.07 Å². The average Bonchev–Trinajstić information content (AvgIpc) is 2.30. The third kappa shape index (κ3) is 5.22. The molecule has 1 aromatic rings. The maximum atomic E-state index is 11.6. The Morgan fingerprint density at radius 3 is 2.53 bits per heavy atom. The van der Waals surface area contributed by atoms with Gasteiger partial charge in [-0.15, -0.1) is 0 Å². The molecule has 0 atom stereocenters. The topological polar surface area (TPSA) is 70.0 Å². The van der Waals surface area contributed by atoms with Crippen LogP contribution in [0.5, 0.6) is 0 Å². The highest BCUT2D eigenvalue weighted by Crippen LogP contribution is 2.07. The molecule has 0 aliphatic heterocycles. The van der Waals surface area contributed by atoms with Crippen molar-refractivity contribution in [3.63, 3.8) is 0 Å². The van der Waals surface area contributed by atoms with Crippen molar-refractivity contribution in [1.82, 2.24) is 4.72 Å². The fraction of sp³-hybridized carbons (Fsp3) is 0.364. The first kappa shape index (κ1) is 14.0. The van der Waals surface area contributed by atoms with Crippen LogP contribution in [0.3, 0.4) is 0 Å². The van der Waals surface area contributed by atoms with Crippen molar-refractivity contribution < 1.29 is 8.42 Å². The largest absolute Gasteiger partial charge is 0.215 e. The first-order valence-corrected chi connectivity index (χ1v) is 8.07. The summed E-state index contributed by atoms with van der Waals surface area (Å²) in [6, 6.07) is 8.54. The summed E-state index contributed by atoms with van der Waals surface area (Å²) < 4.78 is 25.8. The summed E-state index contributed by atoms with van der Waals surface area (Å²) in [4.78, 5) is 0. The molecule has 6 heteroatoms. The molecule has 0 amide bonds. The van der Waals surface area contributed by atoms with Crippen LogP contribution >= 0.6 is 11.8 Å². The second-order valence-electron chi connectivity index (χ2n) is 3.45. The first-order valence-electron chi connectivity index (χ1n) is 5.03. The number of nitrogens with one attached hydrogen (secondary N) is 1. The number of benzene rings is 1. The predicted octanol–water partition coefficient (Wildman–Crippen LogP) is 1.34. The highest BCUT2D eigenvalue weighted by molar-refractivity contribution is 7.98. The minimum Gasteiger partial charge on any atom is -0.214 e. The van der Waals surface area contributed by atoms with Gasteiger partial charge in [-0.2, -0.15) is 17.0 Å². The van der Waals surface area contributed by atoms with Gasteiger partial charge in [-0.25, -0.2) is 13.1 Å². The van der Waals surface area contributed by atoms with Gasteiger partial charge in [0.15, 0.2) is 0 Å². The summed E-state index contributed by atoms with van der Waals surface area (Å²) in [5, 5.41) is 8.62. The average molecular weight is 270 g/mol. The van der Waals surface area contributed by atoms with Gasteiger partial charge in [0.1, 0.15) is 0 Å². The SMILES string of the molecule is CSCCNS(=O)(=O)Cc1ccc(C#N)cc1. The van der Waals surface area contributed by atoms with Gasteiger partial charge in [-0.3, -0.25) is 0 Å². The molecule has 0 radical (unpaired) electrons. The number of nitriles is 1. The van der Waals surface area contributed by atoms with Crippen LogP contribution in [0.15, 0.2) is 24.3 Å². The predicted molar refractivity (Wildman–Crippen MR) is 70.2 cm³/mol. The van der Waals surface area contributed by atoms with Crippen LogP contribution in [0.25, 0.3) is 0 Å². The van der Waals surface area contributed by atoms with Crippen molar-refractivity contribution >= 4 is 21.8 Å². The molecule has 0 saturated carbocycles. The Balaban J connectivity index is 2.60. The van der Waals surface area contributed by atoms with Crippen LogP contribution in [0, 0.1) is 11.3 Å². The van der Waals surface area contributed by atoms with Crippen LogP contribution in [-0.4, -0.2) is 27.0 Å². The molecule has 0 saturated heterocycles. The summed E-state index contributed by atoms with van der Waals surface area (Å²) in [7, 11) is -3.27. The van der Waals surface area contributed by atoms with Gasteiger partial charge in [-0.1, -0.05) is 12.1 Å². The zero-order chi connectivity index (χ0) is 12.7. The molecule has 4 nitrogen and oxygen atoms in total. The zero-order valence-corrected chi connectivity index (χ0v) is 11.1. The number of hydrogen-bond acceptors (Lipinski definition) is 4. The molecule has 1 N–H and O–H groups in total. The molecule has 92 valence electrons. The summed E-state index contributed by atoms with van der Waals surface area (Å²) in [5.74, 6) is 0.708. The van der Waals surface area contributed by atoms with E-state index in [1.807, 2.05) is 12.3 Å². The molecule has 0 aromatic heterocycles. The maximum absolute atomic E-state index is 11.6. The number of hydrogen-bond donors (Lipinski definition) is 1. The van der Waals surface area contributed by atoms with E-state index >= 15 is 0 Å². The van der Waals surface area contributed by atoms with Crippen molar-refractivity contribution in [3.05, 3.63) is 35.4 Å². The third-order valence-corrected chi connectivity index (χ3v) is 4.04. The lowest BCUT2D eigenvalue weighted by Gasteiger charge is -2.05. The molecule has 17 heavy (non-hydrogen) atoms. The Bertz CT molecular complexity index is 489. The van der Waals surface area contributed by atoms with Gasteiger partial charge >= 0.3 is 0 Å². The normalized spacial score (nSPS) is 11.1. The van der Waals surface area contributed by atoms with Crippen molar-refractivity contribution in [2.75, 3.05) is 18.6 Å². The second kappa shape index (κ2) is 6.64. The van der Waals surface area contributed by atoms with Crippen LogP contribution in [0.1, 0.15) is 11.1 Å². The molecule has 0 bridgehead atoms. The molecule has 1 rings (SSSR count). The van der Waals surface area contributed by atoms with Crippen LogP contribution < -0.4 is 4.72 Å². The molecule has 0 fully saturated rings. The van der Waals surface area contributed by atoms with E-state index in [9.17, 15) is 8.42 Å². The molecule has 1 aromatic carbocycles. The van der Waals surface area contributed by atoms with Crippen LogP contribution in [0.4, 0.5) is 0 Å². The number of sulfonamides is 1. The lowest BCUT2D eigenvalue weighted by Crippen LogP contribution is -2.27. The van der Waals surface area contributed by atoms with E-state index in [0.717, 1.165) is 5.75 Å². The van der Waals surface area contributed by atoms with E-state index in [1.165, 1.54) is 0 Å². The van der Waals surface area contributed by atoms with Gasteiger partial charge in [0, 0.05) is 12.3 Å². The number of thioether (sulfide) groups is 1. The molecular weight excluding hydrogens is 256 g/mol. The monoisotopic (exact) mass is 270 g/mol. The number of nitrogens with zero attached hydrogens (tertiary/aromatic N) is 1. The van der Waals surface area contributed by atoms with Crippen molar-refractivity contribution in [2.24, 2.45) is 0 Å². The minimum absolute atomic E-state index is 0.0485. The quantitative estimate of drug-likeness (QED) is 0.792. The molecule has 0 unspecified atom stereocenters. The van der Waals surface area contributed by atoms with E-state index in [-0.39, 0.29) is 5.75 Å². The molecule has 0 spiro atoms. The molecule has 0 aliphatic carbocycles. The summed E-state index contributed by atoms with van der Waals surface area (Å²) >= 11 is 1.59. The van der Waals surface area contributed by atoms with Crippen molar-refractivity contribution in [2.45, 2.75) is 5.75 Å². The van der Waals surface area contributed by atoms with E-state index in [1.54, 1.807) is 36.0 Å². The standard InChI is InChI=1S/C11H14N2O2S2/c1-16-7-6-13-17(14,15)9-11-4-2-10(8-12)3-5-11/h2-5,13H,6-7,9H2,1H3. The fourth-order valence-electron chi connectivity index (χ4n) is 1.25. The number of rotatable bonds is 6. The summed E-state index contributed by atoms with van der Waals surface area (Å²) in [6.07, 6.45) is 1.93. The molecule has 0 heterocycles. The van der Waals surface area contributed by atoms with Gasteiger partial charge in [0.25, 0.3) is 0 Å². The lowest BCUT2D eigenvalue weighted by molar-refractivity contribution is 0.583. The van der Waals surface area contributed by atoms with Gasteiger partial charge in [0.2, 0.25) is 10.0 Å². The third-order valence-electron chi connectivity index (χ3n) is 2.07. The van der Waals surface area contributed by atoms with Gasteiger partial charge < -0.3 is 0 Å². The first-order chi connectivity index (χ1) is 8.07. The highest BCUT2D eigenvalue weighted by atomic mass is 32.2. The Morgan fingerprint density at radius 2 is 2.00 bits per heavy atom. The zero-order valence-electron chi connectivity index (χ0n) is 9.51. The smallest absolute Gasteiger partial charge is 0.214 e. The fourth-order valence-corrected chi connectivity index (χ4v) is 2.83. The molecular formula is C11H14N2O2S2. The van der Waals surface area contributed by atoms with Gasteiger partial charge in [0.05, 0.1) is 17.4 Å². The van der Waals surface area contributed by atoms with E-state index < -0.39 is 10.0 Å². The van der Waals surface area contributed by atoms with Gasteiger partial charge in [-0.05, 0) is 24.0 Å². The molecule has 0 aliphatic rings. The lowest BCUT2D eigenvalue weighted by atomic mass is 10.2. The highest BCUT2D eigenvalue weighted by Gasteiger charge is 2.10. The minimum atomic E-state index is -3.27. The van der Waals surface area contributed by atoms with E-state index in [2.05, 4.69) is 4.72 Å².